The average molecular weight is 269 g/mol. The highest BCUT2D eigenvalue weighted by molar-refractivity contribution is 4.94. The zero-order valence-corrected chi connectivity index (χ0v) is 12.2. The minimum Gasteiger partial charge on any atom is -0.380 e. The zero-order chi connectivity index (χ0) is 13.8. The number of aryl methyl sites for hydroxylation is 1. The summed E-state index contributed by atoms with van der Waals surface area (Å²) in [4.78, 5) is 2.44. The topological polar surface area (TPSA) is 50.5 Å². The lowest BCUT2D eigenvalue weighted by Gasteiger charge is -2.26. The maximum absolute atomic E-state index is 5.61. The van der Waals surface area contributed by atoms with Crippen molar-refractivity contribution in [3.8, 4) is 0 Å². The number of aromatic nitrogens is 1. The van der Waals surface area contributed by atoms with Crippen molar-refractivity contribution in [1.82, 2.24) is 15.4 Å². The molecule has 2 heterocycles. The van der Waals surface area contributed by atoms with Crippen LogP contribution in [0.3, 0.4) is 0 Å². The molecular weight excluding hydrogens is 242 g/mol. The number of nitrogens with zero attached hydrogens (tertiary/aromatic N) is 2. The van der Waals surface area contributed by atoms with Gasteiger partial charge in [0, 0.05) is 45.4 Å². The molecule has 19 heavy (non-hydrogen) atoms. The highest BCUT2D eigenvalue weighted by Gasteiger charge is 2.08. The molecule has 0 aliphatic carbocycles. The van der Waals surface area contributed by atoms with Crippen LogP contribution in [-0.2, 0) is 11.2 Å². The third-order valence-electron chi connectivity index (χ3n) is 2.97. The number of nitrogens with one attached hydrogen (secondary N) is 1. The Kier molecular flexibility index (Phi) is 9.32. The Balaban J connectivity index is 0.000000861. The monoisotopic (exact) mass is 269 g/mol. The summed E-state index contributed by atoms with van der Waals surface area (Å²) in [6.45, 7) is 11.2. The van der Waals surface area contributed by atoms with Gasteiger partial charge in [-0.05, 0) is 12.8 Å². The van der Waals surface area contributed by atoms with Crippen LogP contribution in [0.1, 0.15) is 26.0 Å². The summed E-state index contributed by atoms with van der Waals surface area (Å²) in [7, 11) is 0. The van der Waals surface area contributed by atoms with Gasteiger partial charge in [0.15, 0.2) is 0 Å². The molecule has 5 heteroatoms. The molecule has 1 saturated heterocycles. The normalized spacial score (nSPS) is 15.9. The van der Waals surface area contributed by atoms with E-state index in [1.807, 2.05) is 19.9 Å². The molecule has 0 atom stereocenters. The molecule has 1 aliphatic heterocycles. The van der Waals surface area contributed by atoms with Gasteiger partial charge in [0.1, 0.15) is 6.26 Å². The van der Waals surface area contributed by atoms with Crippen molar-refractivity contribution in [2.75, 3.05) is 45.9 Å². The van der Waals surface area contributed by atoms with Crippen molar-refractivity contribution in [3.63, 3.8) is 0 Å². The highest BCUT2D eigenvalue weighted by atomic mass is 16.5. The van der Waals surface area contributed by atoms with E-state index in [1.54, 1.807) is 6.26 Å². The Morgan fingerprint density at radius 1 is 1.32 bits per heavy atom. The quantitative estimate of drug-likeness (QED) is 0.761. The highest BCUT2D eigenvalue weighted by Crippen LogP contribution is 1.99. The predicted octanol–water partition coefficient (Wildman–Crippen LogP) is 1.56. The van der Waals surface area contributed by atoms with E-state index in [1.165, 1.54) is 0 Å². The summed E-state index contributed by atoms with van der Waals surface area (Å²) >= 11 is 0. The molecule has 0 radical (unpaired) electrons. The van der Waals surface area contributed by atoms with Gasteiger partial charge in [-0.15, -0.1) is 0 Å². The molecule has 0 saturated carbocycles. The zero-order valence-electron chi connectivity index (χ0n) is 12.2. The molecule has 1 aliphatic rings. The van der Waals surface area contributed by atoms with E-state index in [0.717, 1.165) is 64.5 Å². The molecule has 1 aromatic rings. The summed E-state index contributed by atoms with van der Waals surface area (Å²) < 4.78 is 10.4. The van der Waals surface area contributed by atoms with Gasteiger partial charge >= 0.3 is 0 Å². The maximum Gasteiger partial charge on any atom is 0.124 e. The van der Waals surface area contributed by atoms with E-state index < -0.39 is 0 Å². The first-order valence-electron chi connectivity index (χ1n) is 7.35. The molecule has 0 spiro atoms. The van der Waals surface area contributed by atoms with Crippen molar-refractivity contribution >= 4 is 0 Å². The number of piperazine rings is 1. The Morgan fingerprint density at radius 3 is 2.79 bits per heavy atom. The second kappa shape index (κ2) is 11.0. The largest absolute Gasteiger partial charge is 0.380 e. The third kappa shape index (κ3) is 7.30. The number of hydrogen-bond acceptors (Lipinski definition) is 5. The summed E-state index contributed by atoms with van der Waals surface area (Å²) in [6.07, 6.45) is 3.55. The summed E-state index contributed by atoms with van der Waals surface area (Å²) in [6, 6.07) is 1.90. The standard InChI is InChI=1S/C12H21N3O2.C2H6/c1(2-12-3-10-17-14-12)9-16-11-8-15-6-4-13-5-7-15;1-2/h3,10,13H,1-2,4-9,11H2;1-2H3. The van der Waals surface area contributed by atoms with E-state index in [-0.39, 0.29) is 0 Å². The Morgan fingerprint density at radius 2 is 2.11 bits per heavy atom. The molecule has 0 unspecified atom stereocenters. The van der Waals surface area contributed by atoms with Crippen molar-refractivity contribution in [1.29, 1.82) is 0 Å². The van der Waals surface area contributed by atoms with Crippen LogP contribution in [0.5, 0.6) is 0 Å². The molecular formula is C14H27N3O2. The first kappa shape index (κ1) is 16.1. The molecule has 2 rings (SSSR count). The number of hydrogen-bond donors (Lipinski definition) is 1. The van der Waals surface area contributed by atoms with Crippen molar-refractivity contribution < 1.29 is 9.26 Å². The second-order valence-corrected chi connectivity index (χ2v) is 4.30. The van der Waals surface area contributed by atoms with Gasteiger partial charge in [-0.25, -0.2) is 0 Å². The molecule has 110 valence electrons. The van der Waals surface area contributed by atoms with Gasteiger partial charge in [0.25, 0.3) is 0 Å². The van der Waals surface area contributed by atoms with Gasteiger partial charge in [0.2, 0.25) is 0 Å². The Hall–Kier alpha value is -0.910. The van der Waals surface area contributed by atoms with Crippen LogP contribution in [-0.4, -0.2) is 56.0 Å². The summed E-state index contributed by atoms with van der Waals surface area (Å²) in [5.41, 5.74) is 1.01. The Labute approximate surface area is 116 Å². The van der Waals surface area contributed by atoms with Crippen molar-refractivity contribution in [2.24, 2.45) is 0 Å². The number of rotatable bonds is 7. The third-order valence-corrected chi connectivity index (χ3v) is 2.97. The Bertz CT molecular complexity index is 285. The minimum atomic E-state index is 0.805. The van der Waals surface area contributed by atoms with E-state index >= 15 is 0 Å². The molecule has 1 N–H and O–H groups in total. The fraction of sp³-hybridized carbons (Fsp3) is 0.786. The molecule has 1 fully saturated rings. The maximum atomic E-state index is 5.61. The van der Waals surface area contributed by atoms with Gasteiger partial charge in [0.05, 0.1) is 12.3 Å². The van der Waals surface area contributed by atoms with Crippen LogP contribution in [0.15, 0.2) is 16.9 Å². The van der Waals surface area contributed by atoms with Gasteiger partial charge in [-0.1, -0.05) is 19.0 Å². The molecule has 1 aromatic heterocycles. The molecule has 5 nitrogen and oxygen atoms in total. The van der Waals surface area contributed by atoms with Crippen LogP contribution in [0, 0.1) is 0 Å². The van der Waals surface area contributed by atoms with E-state index in [2.05, 4.69) is 15.4 Å². The first-order chi connectivity index (χ1) is 9.45. The first-order valence-corrected chi connectivity index (χ1v) is 7.35. The lowest BCUT2D eigenvalue weighted by Crippen LogP contribution is -2.44. The second-order valence-electron chi connectivity index (χ2n) is 4.30. The van der Waals surface area contributed by atoms with Gasteiger partial charge in [-0.2, -0.15) is 0 Å². The van der Waals surface area contributed by atoms with Crippen LogP contribution in [0.2, 0.25) is 0 Å². The smallest absolute Gasteiger partial charge is 0.124 e. The fourth-order valence-corrected chi connectivity index (χ4v) is 1.95. The van der Waals surface area contributed by atoms with Crippen molar-refractivity contribution in [3.05, 3.63) is 18.0 Å². The lowest BCUT2D eigenvalue weighted by atomic mass is 10.2. The van der Waals surface area contributed by atoms with E-state index in [4.69, 9.17) is 9.26 Å². The fourth-order valence-electron chi connectivity index (χ4n) is 1.95. The van der Waals surface area contributed by atoms with Crippen LogP contribution in [0.4, 0.5) is 0 Å². The van der Waals surface area contributed by atoms with E-state index in [0.29, 0.717) is 0 Å². The van der Waals surface area contributed by atoms with Crippen LogP contribution < -0.4 is 5.32 Å². The summed E-state index contributed by atoms with van der Waals surface area (Å²) in [5, 5.41) is 7.20. The number of ether oxygens (including phenoxy) is 1. The predicted molar refractivity (Wildman–Crippen MR) is 76.3 cm³/mol. The summed E-state index contributed by atoms with van der Waals surface area (Å²) in [5.74, 6) is 0. The van der Waals surface area contributed by atoms with Crippen LogP contribution >= 0.6 is 0 Å². The SMILES string of the molecule is CC.c1cc(CCCOCCN2CCNCC2)no1. The van der Waals surface area contributed by atoms with Gasteiger partial charge < -0.3 is 14.6 Å². The lowest BCUT2D eigenvalue weighted by molar-refractivity contribution is 0.0974. The molecule has 0 bridgehead atoms. The van der Waals surface area contributed by atoms with E-state index in [9.17, 15) is 0 Å². The molecule has 0 aromatic carbocycles. The van der Waals surface area contributed by atoms with Crippen molar-refractivity contribution in [2.45, 2.75) is 26.7 Å². The van der Waals surface area contributed by atoms with Crippen LogP contribution in [0.25, 0.3) is 0 Å². The molecule has 0 amide bonds. The average Bonchev–Trinajstić information content (AvgIpc) is 2.99. The van der Waals surface area contributed by atoms with Gasteiger partial charge in [-0.3, -0.25) is 4.90 Å². The minimum absolute atomic E-state index is 0.805.